The van der Waals surface area contributed by atoms with Gasteiger partial charge in [0.05, 0.1) is 0 Å². The maximum absolute atomic E-state index is 12.3. The zero-order valence-corrected chi connectivity index (χ0v) is 14.6. The molecule has 1 aliphatic heterocycles. The molecule has 0 radical (unpaired) electrons. The van der Waals surface area contributed by atoms with E-state index in [0.29, 0.717) is 37.4 Å². The Morgan fingerprint density at radius 3 is 2.96 bits per heavy atom. The van der Waals surface area contributed by atoms with Crippen molar-refractivity contribution >= 4 is 17.6 Å². The Labute approximate surface area is 152 Å². The Morgan fingerprint density at radius 2 is 2.19 bits per heavy atom. The van der Waals surface area contributed by atoms with E-state index in [4.69, 9.17) is 0 Å². The molecule has 0 aliphatic carbocycles. The molecule has 3 heterocycles. The van der Waals surface area contributed by atoms with Crippen LogP contribution in [0.5, 0.6) is 0 Å². The molecular formula is C19H23N5O2. The SMILES string of the molecule is O=C(NCCCN1CCCC1=O)c1ccnc(NCc2cccnc2)c1. The second-order valence-electron chi connectivity index (χ2n) is 6.24. The standard InChI is InChI=1S/C19H23N5O2/c25-18-5-2-10-24(18)11-3-8-22-19(26)16-6-9-21-17(12-16)23-14-15-4-1-7-20-13-15/h1,4,6-7,9,12-13H,2-3,5,8,10-11,14H2,(H,21,23)(H,22,26). The van der Waals surface area contributed by atoms with Crippen LogP contribution in [0.4, 0.5) is 5.82 Å². The first kappa shape index (κ1) is 17.8. The maximum atomic E-state index is 12.3. The Balaban J connectivity index is 1.44. The van der Waals surface area contributed by atoms with Crippen LogP contribution in [0.15, 0.2) is 42.9 Å². The summed E-state index contributed by atoms with van der Waals surface area (Å²) < 4.78 is 0. The van der Waals surface area contributed by atoms with Crippen LogP contribution in [0.25, 0.3) is 0 Å². The van der Waals surface area contributed by atoms with Gasteiger partial charge >= 0.3 is 0 Å². The molecule has 1 fully saturated rings. The van der Waals surface area contributed by atoms with Gasteiger partial charge in [-0.1, -0.05) is 6.07 Å². The van der Waals surface area contributed by atoms with Gasteiger partial charge in [-0.25, -0.2) is 4.98 Å². The van der Waals surface area contributed by atoms with Crippen molar-refractivity contribution in [3.05, 3.63) is 54.0 Å². The van der Waals surface area contributed by atoms with Crippen LogP contribution in [-0.4, -0.2) is 46.3 Å². The molecule has 26 heavy (non-hydrogen) atoms. The number of aromatic nitrogens is 2. The summed E-state index contributed by atoms with van der Waals surface area (Å²) >= 11 is 0. The van der Waals surface area contributed by atoms with Crippen LogP contribution < -0.4 is 10.6 Å². The average molecular weight is 353 g/mol. The largest absolute Gasteiger partial charge is 0.366 e. The van der Waals surface area contributed by atoms with Crippen LogP contribution in [0.2, 0.25) is 0 Å². The highest BCUT2D eigenvalue weighted by molar-refractivity contribution is 5.94. The van der Waals surface area contributed by atoms with Crippen LogP contribution in [0.1, 0.15) is 35.2 Å². The summed E-state index contributed by atoms with van der Waals surface area (Å²) in [5.74, 6) is 0.725. The first-order valence-electron chi connectivity index (χ1n) is 8.87. The molecule has 0 saturated carbocycles. The number of hydrogen-bond acceptors (Lipinski definition) is 5. The van der Waals surface area contributed by atoms with Crippen LogP contribution in [-0.2, 0) is 11.3 Å². The minimum absolute atomic E-state index is 0.135. The van der Waals surface area contributed by atoms with E-state index in [1.54, 1.807) is 30.7 Å². The molecule has 7 heteroatoms. The van der Waals surface area contributed by atoms with Crippen molar-refractivity contribution < 1.29 is 9.59 Å². The van der Waals surface area contributed by atoms with Gasteiger partial charge in [0, 0.05) is 56.8 Å². The van der Waals surface area contributed by atoms with E-state index in [-0.39, 0.29) is 11.8 Å². The molecule has 2 N–H and O–H groups in total. The van der Waals surface area contributed by atoms with Crippen LogP contribution in [0, 0.1) is 0 Å². The molecule has 0 unspecified atom stereocenters. The Kier molecular flexibility index (Phi) is 6.14. The first-order valence-corrected chi connectivity index (χ1v) is 8.87. The number of anilines is 1. The van der Waals surface area contributed by atoms with Gasteiger partial charge in [0.2, 0.25) is 5.91 Å². The Morgan fingerprint density at radius 1 is 1.27 bits per heavy atom. The third-order valence-electron chi connectivity index (χ3n) is 4.28. The lowest BCUT2D eigenvalue weighted by atomic mass is 10.2. The molecule has 3 rings (SSSR count). The summed E-state index contributed by atoms with van der Waals surface area (Å²) in [5.41, 5.74) is 1.60. The molecule has 7 nitrogen and oxygen atoms in total. The molecule has 0 atom stereocenters. The third kappa shape index (κ3) is 5.02. The van der Waals surface area contributed by atoms with Gasteiger partial charge in [-0.15, -0.1) is 0 Å². The number of nitrogens with zero attached hydrogens (tertiary/aromatic N) is 3. The maximum Gasteiger partial charge on any atom is 0.251 e. The zero-order valence-electron chi connectivity index (χ0n) is 14.6. The number of nitrogens with one attached hydrogen (secondary N) is 2. The monoisotopic (exact) mass is 353 g/mol. The quantitative estimate of drug-likeness (QED) is 0.707. The number of rotatable bonds is 8. The fraction of sp³-hybridized carbons (Fsp3) is 0.368. The molecule has 2 amide bonds. The summed E-state index contributed by atoms with van der Waals surface area (Å²) in [6.45, 7) is 2.68. The van der Waals surface area contributed by atoms with Gasteiger partial charge < -0.3 is 15.5 Å². The summed E-state index contributed by atoms with van der Waals surface area (Å²) in [6, 6.07) is 7.27. The molecule has 0 bridgehead atoms. The predicted molar refractivity (Wildman–Crippen MR) is 98.6 cm³/mol. The van der Waals surface area contributed by atoms with Crippen molar-refractivity contribution in [2.24, 2.45) is 0 Å². The topological polar surface area (TPSA) is 87.2 Å². The van der Waals surface area contributed by atoms with Crippen LogP contribution in [0.3, 0.4) is 0 Å². The van der Waals surface area contributed by atoms with Crippen molar-refractivity contribution in [1.29, 1.82) is 0 Å². The lowest BCUT2D eigenvalue weighted by molar-refractivity contribution is -0.127. The fourth-order valence-corrected chi connectivity index (χ4v) is 2.88. The number of amides is 2. The first-order chi connectivity index (χ1) is 12.7. The van der Waals surface area contributed by atoms with Gasteiger partial charge in [-0.3, -0.25) is 14.6 Å². The zero-order chi connectivity index (χ0) is 18.2. The minimum Gasteiger partial charge on any atom is -0.366 e. The van der Waals surface area contributed by atoms with Crippen molar-refractivity contribution in [1.82, 2.24) is 20.2 Å². The highest BCUT2D eigenvalue weighted by Crippen LogP contribution is 2.10. The van der Waals surface area contributed by atoms with E-state index in [2.05, 4.69) is 20.6 Å². The van der Waals surface area contributed by atoms with Crippen molar-refractivity contribution in [3.63, 3.8) is 0 Å². The molecule has 1 saturated heterocycles. The second kappa shape index (κ2) is 8.94. The fourth-order valence-electron chi connectivity index (χ4n) is 2.88. The van der Waals surface area contributed by atoms with E-state index >= 15 is 0 Å². The normalized spacial score (nSPS) is 13.7. The molecule has 0 aromatic carbocycles. The number of hydrogen-bond donors (Lipinski definition) is 2. The number of carbonyl (C=O) groups excluding carboxylic acids is 2. The van der Waals surface area contributed by atoms with Gasteiger partial charge in [0.25, 0.3) is 5.91 Å². The number of likely N-dealkylation sites (tertiary alicyclic amines) is 1. The minimum atomic E-state index is -0.135. The second-order valence-corrected chi connectivity index (χ2v) is 6.24. The highest BCUT2D eigenvalue weighted by atomic mass is 16.2. The molecule has 2 aromatic rings. The highest BCUT2D eigenvalue weighted by Gasteiger charge is 2.19. The lowest BCUT2D eigenvalue weighted by Crippen LogP contribution is -2.30. The number of carbonyl (C=O) groups is 2. The lowest BCUT2D eigenvalue weighted by Gasteiger charge is -2.15. The van der Waals surface area contributed by atoms with E-state index in [9.17, 15) is 9.59 Å². The predicted octanol–water partition coefficient (Wildman–Crippen LogP) is 1.83. The van der Waals surface area contributed by atoms with Crippen molar-refractivity contribution in [2.75, 3.05) is 25.0 Å². The summed E-state index contributed by atoms with van der Waals surface area (Å²) in [6.07, 6.45) is 7.48. The van der Waals surface area contributed by atoms with Crippen molar-refractivity contribution in [2.45, 2.75) is 25.8 Å². The summed E-state index contributed by atoms with van der Waals surface area (Å²) in [5, 5.41) is 6.09. The number of pyridine rings is 2. The van der Waals surface area contributed by atoms with Gasteiger partial charge in [0.15, 0.2) is 0 Å². The van der Waals surface area contributed by atoms with E-state index in [0.717, 1.165) is 24.9 Å². The Hall–Kier alpha value is -2.96. The molecule has 0 spiro atoms. The van der Waals surface area contributed by atoms with E-state index in [1.807, 2.05) is 17.0 Å². The van der Waals surface area contributed by atoms with Gasteiger partial charge in [0.1, 0.15) is 5.82 Å². The van der Waals surface area contributed by atoms with E-state index in [1.165, 1.54) is 0 Å². The molecule has 2 aromatic heterocycles. The molecule has 136 valence electrons. The average Bonchev–Trinajstić information content (AvgIpc) is 3.09. The van der Waals surface area contributed by atoms with E-state index < -0.39 is 0 Å². The summed E-state index contributed by atoms with van der Waals surface area (Å²) in [7, 11) is 0. The third-order valence-corrected chi connectivity index (χ3v) is 4.28. The molecule has 1 aliphatic rings. The van der Waals surface area contributed by atoms with Gasteiger partial charge in [-0.2, -0.15) is 0 Å². The summed E-state index contributed by atoms with van der Waals surface area (Å²) in [4.78, 5) is 34.0. The Bertz CT molecular complexity index is 751. The van der Waals surface area contributed by atoms with Crippen molar-refractivity contribution in [3.8, 4) is 0 Å². The molecular weight excluding hydrogens is 330 g/mol. The van der Waals surface area contributed by atoms with Gasteiger partial charge in [-0.05, 0) is 36.6 Å². The smallest absolute Gasteiger partial charge is 0.251 e. The van der Waals surface area contributed by atoms with Crippen LogP contribution >= 0.6 is 0 Å².